The lowest BCUT2D eigenvalue weighted by molar-refractivity contribution is 0.00554. The number of aliphatic hydroxyl groups is 1. The summed E-state index contributed by atoms with van der Waals surface area (Å²) in [6, 6.07) is 2.91. The van der Waals surface area contributed by atoms with Crippen LogP contribution in [0.2, 0.25) is 0 Å². The molecule has 2 rings (SSSR count). The molecule has 1 aliphatic heterocycles. The summed E-state index contributed by atoms with van der Waals surface area (Å²) in [7, 11) is 0. The molecule has 1 amide bonds. The van der Waals surface area contributed by atoms with Gasteiger partial charge in [0.05, 0.1) is 5.60 Å². The van der Waals surface area contributed by atoms with E-state index in [0.717, 1.165) is 0 Å². The zero-order chi connectivity index (χ0) is 17.2. The molecule has 0 radical (unpaired) electrons. The first kappa shape index (κ1) is 17.6. The normalized spacial score (nSPS) is 19.9. The van der Waals surface area contributed by atoms with E-state index in [-0.39, 0.29) is 17.5 Å². The van der Waals surface area contributed by atoms with Gasteiger partial charge < -0.3 is 10.0 Å². The molecular weight excluding hydrogens is 296 g/mol. The van der Waals surface area contributed by atoms with Gasteiger partial charge in [0.25, 0.3) is 11.5 Å². The van der Waals surface area contributed by atoms with Crippen LogP contribution in [0.4, 0.5) is 0 Å². The van der Waals surface area contributed by atoms with Gasteiger partial charge in [-0.3, -0.25) is 14.5 Å². The quantitative estimate of drug-likeness (QED) is 0.855. The Balaban J connectivity index is 2.08. The highest BCUT2D eigenvalue weighted by atomic mass is 16.3. The van der Waals surface area contributed by atoms with Crippen molar-refractivity contribution in [1.82, 2.24) is 19.6 Å². The predicted octanol–water partition coefficient (Wildman–Crippen LogP) is 0.180. The number of hydrogen-bond donors (Lipinski definition) is 1. The third kappa shape index (κ3) is 4.39. The number of carbonyl (C=O) groups excluding carboxylic acids is 1. The second-order valence-electron chi connectivity index (χ2n) is 6.77. The molecule has 23 heavy (non-hydrogen) atoms. The molecule has 1 atom stereocenters. The van der Waals surface area contributed by atoms with E-state index in [1.807, 2.05) is 13.8 Å². The van der Waals surface area contributed by atoms with Crippen LogP contribution >= 0.6 is 0 Å². The van der Waals surface area contributed by atoms with E-state index >= 15 is 0 Å². The fraction of sp³-hybridized carbons (Fsp3) is 0.688. The summed E-state index contributed by atoms with van der Waals surface area (Å²) in [6.07, 6.45) is 0. The van der Waals surface area contributed by atoms with E-state index in [9.17, 15) is 14.7 Å². The molecule has 0 aromatic carbocycles. The van der Waals surface area contributed by atoms with Crippen molar-refractivity contribution in [2.75, 3.05) is 26.2 Å². The molecule has 1 aromatic rings. The first-order valence-corrected chi connectivity index (χ1v) is 8.05. The highest BCUT2D eigenvalue weighted by Gasteiger charge is 2.31. The van der Waals surface area contributed by atoms with E-state index in [4.69, 9.17) is 0 Å². The van der Waals surface area contributed by atoms with Crippen LogP contribution in [0, 0.1) is 0 Å². The summed E-state index contributed by atoms with van der Waals surface area (Å²) in [5.74, 6) is -0.150. The standard InChI is InChI=1S/C16H26N4O3/c1-5-20-14(21)7-6-13(17-20)15(22)19-9-8-18(10-12(19)2)11-16(3,4)23/h6-7,12,23H,5,8-11H2,1-4H3. The lowest BCUT2D eigenvalue weighted by Crippen LogP contribution is -2.56. The topological polar surface area (TPSA) is 78.7 Å². The van der Waals surface area contributed by atoms with E-state index in [1.54, 1.807) is 18.7 Å². The number of aromatic nitrogens is 2. The Hall–Kier alpha value is -1.73. The second kappa shape index (κ2) is 6.80. The van der Waals surface area contributed by atoms with Crippen LogP contribution in [-0.4, -0.2) is 68.4 Å². The fourth-order valence-corrected chi connectivity index (χ4v) is 2.96. The van der Waals surface area contributed by atoms with Gasteiger partial charge in [-0.05, 0) is 33.8 Å². The monoisotopic (exact) mass is 322 g/mol. The number of carbonyl (C=O) groups is 1. The molecule has 1 aliphatic rings. The Morgan fingerprint density at radius 3 is 2.65 bits per heavy atom. The van der Waals surface area contributed by atoms with Gasteiger partial charge in [-0.1, -0.05) is 0 Å². The molecule has 0 spiro atoms. The second-order valence-corrected chi connectivity index (χ2v) is 6.77. The maximum absolute atomic E-state index is 12.7. The van der Waals surface area contributed by atoms with Crippen molar-refractivity contribution in [1.29, 1.82) is 0 Å². The van der Waals surface area contributed by atoms with Gasteiger partial charge >= 0.3 is 0 Å². The number of hydrogen-bond acceptors (Lipinski definition) is 5. The van der Waals surface area contributed by atoms with Gasteiger partial charge in [0.1, 0.15) is 5.69 Å². The molecule has 0 bridgehead atoms. The number of nitrogens with zero attached hydrogens (tertiary/aromatic N) is 4. The average molecular weight is 322 g/mol. The van der Waals surface area contributed by atoms with Gasteiger partial charge in [-0.25, -0.2) is 4.68 Å². The Bertz CT molecular complexity index is 620. The third-order valence-corrected chi connectivity index (χ3v) is 3.97. The molecular formula is C16H26N4O3. The van der Waals surface area contributed by atoms with Crippen LogP contribution in [0.5, 0.6) is 0 Å². The summed E-state index contributed by atoms with van der Waals surface area (Å²) in [4.78, 5) is 28.2. The molecule has 1 saturated heterocycles. The van der Waals surface area contributed by atoms with Gasteiger partial charge in [0.15, 0.2) is 0 Å². The maximum atomic E-state index is 12.7. The van der Waals surface area contributed by atoms with Crippen molar-refractivity contribution in [3.63, 3.8) is 0 Å². The van der Waals surface area contributed by atoms with E-state index in [0.29, 0.717) is 38.4 Å². The molecule has 1 unspecified atom stereocenters. The van der Waals surface area contributed by atoms with Crippen molar-refractivity contribution in [2.45, 2.75) is 45.9 Å². The summed E-state index contributed by atoms with van der Waals surface area (Å²) < 4.78 is 1.29. The van der Waals surface area contributed by atoms with Crippen LogP contribution in [0.25, 0.3) is 0 Å². The van der Waals surface area contributed by atoms with Crippen molar-refractivity contribution in [3.8, 4) is 0 Å². The largest absolute Gasteiger partial charge is 0.389 e. The highest BCUT2D eigenvalue weighted by Crippen LogP contribution is 2.15. The predicted molar refractivity (Wildman–Crippen MR) is 87.4 cm³/mol. The number of piperazine rings is 1. The Morgan fingerprint density at radius 1 is 1.39 bits per heavy atom. The zero-order valence-electron chi connectivity index (χ0n) is 14.3. The summed E-state index contributed by atoms with van der Waals surface area (Å²) in [6.45, 7) is 10.4. The van der Waals surface area contributed by atoms with Gasteiger partial charge in [0.2, 0.25) is 0 Å². The average Bonchev–Trinajstić information content (AvgIpc) is 2.45. The van der Waals surface area contributed by atoms with E-state index < -0.39 is 5.60 Å². The number of aryl methyl sites for hydroxylation is 1. The smallest absolute Gasteiger partial charge is 0.274 e. The van der Waals surface area contributed by atoms with Crippen LogP contribution < -0.4 is 5.56 Å². The first-order valence-electron chi connectivity index (χ1n) is 8.05. The molecule has 7 heteroatoms. The van der Waals surface area contributed by atoms with Gasteiger partial charge in [-0.2, -0.15) is 5.10 Å². The molecule has 1 N–H and O–H groups in total. The highest BCUT2D eigenvalue weighted by molar-refractivity contribution is 5.92. The Morgan fingerprint density at radius 2 is 2.09 bits per heavy atom. The van der Waals surface area contributed by atoms with Crippen LogP contribution in [-0.2, 0) is 6.54 Å². The lowest BCUT2D eigenvalue weighted by atomic mass is 10.1. The minimum atomic E-state index is -0.746. The number of rotatable bonds is 4. The van der Waals surface area contributed by atoms with Crippen molar-refractivity contribution >= 4 is 5.91 Å². The lowest BCUT2D eigenvalue weighted by Gasteiger charge is -2.41. The summed E-state index contributed by atoms with van der Waals surface area (Å²) >= 11 is 0. The number of β-amino-alcohol motifs (C(OH)–C–C–N with tert-alkyl or cyclic N) is 1. The molecule has 0 saturated carbocycles. The van der Waals surface area contributed by atoms with Crippen molar-refractivity contribution in [2.24, 2.45) is 0 Å². The first-order chi connectivity index (χ1) is 10.7. The van der Waals surface area contributed by atoms with Crippen molar-refractivity contribution < 1.29 is 9.90 Å². The minimum Gasteiger partial charge on any atom is -0.389 e. The Kier molecular flexibility index (Phi) is 5.21. The molecule has 128 valence electrons. The summed E-state index contributed by atoms with van der Waals surface area (Å²) in [5.41, 5.74) is -0.647. The minimum absolute atomic E-state index is 0.0300. The fourth-order valence-electron chi connectivity index (χ4n) is 2.96. The van der Waals surface area contributed by atoms with Crippen molar-refractivity contribution in [3.05, 3.63) is 28.2 Å². The Labute approximate surface area is 136 Å². The van der Waals surface area contributed by atoms with Crippen LogP contribution in [0.15, 0.2) is 16.9 Å². The SMILES string of the molecule is CCn1nc(C(=O)N2CCN(CC(C)(C)O)CC2C)ccc1=O. The number of amides is 1. The van der Waals surface area contributed by atoms with E-state index in [1.165, 1.54) is 16.8 Å². The third-order valence-electron chi connectivity index (χ3n) is 3.97. The molecule has 2 heterocycles. The van der Waals surface area contributed by atoms with E-state index in [2.05, 4.69) is 10.00 Å². The van der Waals surface area contributed by atoms with Gasteiger partial charge in [0, 0.05) is 44.8 Å². The maximum Gasteiger partial charge on any atom is 0.274 e. The zero-order valence-corrected chi connectivity index (χ0v) is 14.3. The summed E-state index contributed by atoms with van der Waals surface area (Å²) in [5, 5.41) is 14.1. The molecule has 7 nitrogen and oxygen atoms in total. The molecule has 1 aromatic heterocycles. The van der Waals surface area contributed by atoms with Crippen LogP contribution in [0.3, 0.4) is 0 Å². The molecule has 0 aliphatic carbocycles. The van der Waals surface area contributed by atoms with Crippen LogP contribution in [0.1, 0.15) is 38.2 Å². The van der Waals surface area contributed by atoms with Gasteiger partial charge in [-0.15, -0.1) is 0 Å². The molecule has 1 fully saturated rings.